The van der Waals surface area contributed by atoms with Crippen LogP contribution in [-0.2, 0) is 23.7 Å². The number of fused-ring (bicyclic) bond motifs is 9. The number of hydrogen-bond acceptors (Lipinski definition) is 3. The van der Waals surface area contributed by atoms with Gasteiger partial charge in [-0.25, -0.2) is 0 Å². The lowest BCUT2D eigenvalue weighted by Crippen LogP contribution is -2.28. The molecule has 0 spiro atoms. The second-order valence-corrected chi connectivity index (χ2v) is 17.7. The van der Waals surface area contributed by atoms with Gasteiger partial charge in [0.25, 0.3) is 0 Å². The molecule has 3 aliphatic heterocycles. The monoisotopic (exact) mass is 670 g/mol. The average molecular weight is 671 g/mol. The van der Waals surface area contributed by atoms with Crippen LogP contribution in [0.5, 0.6) is 0 Å². The van der Waals surface area contributed by atoms with Crippen molar-refractivity contribution in [1.29, 1.82) is 0 Å². The van der Waals surface area contributed by atoms with Crippen molar-refractivity contribution in [3.8, 4) is 5.30 Å². The SMILES string of the molecule is CC1(C)C2=N/C(=C(/c3ccccc3)c3ccc(s3)/C(c3ccccc3)=C3/C=CC(=N3)C(C)(C)c3c4c(c1p3-c1ccccc1)CCC4)C=C2. The largest absolute Gasteiger partial charge is 0.252 e. The minimum absolute atomic E-state index is 0.249. The van der Waals surface area contributed by atoms with Crippen molar-refractivity contribution in [3.63, 3.8) is 0 Å². The molecule has 5 heterocycles. The molecule has 1 aliphatic carbocycles. The van der Waals surface area contributed by atoms with Crippen LogP contribution in [0.15, 0.2) is 149 Å². The number of rotatable bonds is 3. The first kappa shape index (κ1) is 30.5. The zero-order chi connectivity index (χ0) is 33.3. The lowest BCUT2D eigenvalue weighted by molar-refractivity contribution is 0.724. The highest BCUT2D eigenvalue weighted by atomic mass is 32.1. The standard InChI is InChI=1S/C45H39N2PS/c1-44(2)38-27-23-34(46-38)40(29-15-8-5-9-16-29)36-25-26-37(49-36)41(30-17-10-6-11-18-30)35-24-28-39(47-35)45(3,4)43-33-22-14-21-32(33)42(44)48(43)31-19-12-7-13-20-31/h5-13,15-20,23-28H,14,21-22H2,1-4H3/b40-34-,41-35-. The molecule has 3 aromatic carbocycles. The molecule has 5 aromatic rings. The van der Waals surface area contributed by atoms with E-state index in [1.54, 1.807) is 21.7 Å². The number of nitrogens with zero attached hydrogens (tertiary/aromatic N) is 2. The summed E-state index contributed by atoms with van der Waals surface area (Å²) in [6, 6.07) is 37.5. The van der Waals surface area contributed by atoms with Crippen molar-refractivity contribution in [2.24, 2.45) is 9.98 Å². The number of allylic oxidation sites excluding steroid dienone is 4. The molecule has 4 aliphatic rings. The summed E-state index contributed by atoms with van der Waals surface area (Å²) in [6.45, 7) is 9.72. The van der Waals surface area contributed by atoms with Gasteiger partial charge >= 0.3 is 0 Å². The second kappa shape index (κ2) is 11.5. The van der Waals surface area contributed by atoms with Crippen molar-refractivity contribution >= 4 is 41.4 Å². The molecule has 0 fully saturated rings. The average Bonchev–Trinajstić information content (AvgIpc) is 3.95. The fraction of sp³-hybridized carbons (Fsp3) is 0.200. The van der Waals surface area contributed by atoms with Crippen molar-refractivity contribution in [1.82, 2.24) is 0 Å². The van der Waals surface area contributed by atoms with Gasteiger partial charge in [0.2, 0.25) is 0 Å². The first-order valence-electron chi connectivity index (χ1n) is 17.4. The maximum absolute atomic E-state index is 5.58. The lowest BCUT2D eigenvalue weighted by Gasteiger charge is -2.31. The van der Waals surface area contributed by atoms with Crippen LogP contribution in [-0.4, -0.2) is 11.4 Å². The van der Waals surface area contributed by atoms with Crippen LogP contribution < -0.4 is 0 Å². The molecule has 0 N–H and O–H groups in total. The van der Waals surface area contributed by atoms with Gasteiger partial charge in [-0.15, -0.1) is 11.3 Å². The zero-order valence-electron chi connectivity index (χ0n) is 28.5. The molecule has 0 saturated carbocycles. The minimum atomic E-state index is -0.780. The van der Waals surface area contributed by atoms with Gasteiger partial charge in [-0.1, -0.05) is 98.5 Å². The van der Waals surface area contributed by atoms with Crippen LogP contribution in [0.1, 0.15) is 76.7 Å². The Kier molecular flexibility index (Phi) is 7.16. The molecule has 2 aromatic heterocycles. The van der Waals surface area contributed by atoms with Gasteiger partial charge in [-0.3, -0.25) is 9.98 Å². The Labute approximate surface area is 294 Å². The first-order chi connectivity index (χ1) is 23.8. The normalized spacial score (nSPS) is 21.6. The van der Waals surface area contributed by atoms with Crippen LogP contribution >= 0.6 is 18.9 Å². The Balaban J connectivity index is 1.41. The highest BCUT2D eigenvalue weighted by Gasteiger charge is 2.43. The molecule has 49 heavy (non-hydrogen) atoms. The Morgan fingerprint density at radius 2 is 0.959 bits per heavy atom. The Morgan fingerprint density at radius 3 is 1.41 bits per heavy atom. The molecule has 0 amide bonds. The fourth-order valence-electron chi connectivity index (χ4n) is 8.39. The second-order valence-electron chi connectivity index (χ2n) is 14.5. The fourth-order valence-corrected chi connectivity index (χ4v) is 13.1. The molecule has 240 valence electrons. The third-order valence-electron chi connectivity index (χ3n) is 10.7. The molecule has 0 unspecified atom stereocenters. The summed E-state index contributed by atoms with van der Waals surface area (Å²) < 4.78 is 0. The van der Waals surface area contributed by atoms with E-state index in [9.17, 15) is 0 Å². The molecule has 0 atom stereocenters. The Morgan fingerprint density at radius 1 is 0.531 bits per heavy atom. The van der Waals surface area contributed by atoms with Crippen molar-refractivity contribution < 1.29 is 0 Å². The quantitative estimate of drug-likeness (QED) is 0.183. The summed E-state index contributed by atoms with van der Waals surface area (Å²) >= 11 is 1.84. The van der Waals surface area contributed by atoms with E-state index in [2.05, 4.69) is 155 Å². The van der Waals surface area contributed by atoms with E-state index in [0.717, 1.165) is 35.7 Å². The smallest absolute Gasteiger partial charge is 0.0726 e. The van der Waals surface area contributed by atoms with Gasteiger partial charge < -0.3 is 0 Å². The van der Waals surface area contributed by atoms with Gasteiger partial charge in [0, 0.05) is 31.7 Å². The number of thiophene rings is 1. The minimum Gasteiger partial charge on any atom is -0.252 e. The maximum atomic E-state index is 5.58. The third kappa shape index (κ3) is 4.82. The predicted molar refractivity (Wildman–Crippen MR) is 211 cm³/mol. The Bertz CT molecular complexity index is 2180. The summed E-state index contributed by atoms with van der Waals surface area (Å²) in [5.41, 5.74) is 11.8. The number of hydrogen-bond donors (Lipinski definition) is 0. The van der Waals surface area contributed by atoms with E-state index >= 15 is 0 Å². The van der Waals surface area contributed by atoms with E-state index < -0.39 is 7.53 Å². The number of aliphatic imine (C=N–C) groups is 2. The van der Waals surface area contributed by atoms with Gasteiger partial charge in [0.1, 0.15) is 0 Å². The first-order valence-corrected chi connectivity index (χ1v) is 19.6. The van der Waals surface area contributed by atoms with Crippen molar-refractivity contribution in [2.75, 3.05) is 0 Å². The summed E-state index contributed by atoms with van der Waals surface area (Å²) in [4.78, 5) is 13.6. The van der Waals surface area contributed by atoms with Gasteiger partial charge in [-0.05, 0) is 122 Å². The van der Waals surface area contributed by atoms with Gasteiger partial charge in [0.15, 0.2) is 0 Å². The van der Waals surface area contributed by atoms with Crippen LogP contribution in [0, 0.1) is 0 Å². The molecular weight excluding hydrogens is 632 g/mol. The molecule has 4 heteroatoms. The van der Waals surface area contributed by atoms with E-state index in [4.69, 9.17) is 9.98 Å². The zero-order valence-corrected chi connectivity index (χ0v) is 30.2. The molecule has 0 radical (unpaired) electrons. The molecule has 9 rings (SSSR count). The van der Waals surface area contributed by atoms with E-state index in [0.29, 0.717) is 0 Å². The highest BCUT2D eigenvalue weighted by molar-refractivity contribution is 7.59. The van der Waals surface area contributed by atoms with Crippen LogP contribution in [0.25, 0.3) is 16.5 Å². The van der Waals surface area contributed by atoms with E-state index in [-0.39, 0.29) is 10.8 Å². The van der Waals surface area contributed by atoms with Crippen LogP contribution in [0.3, 0.4) is 0 Å². The molecular formula is C45H39N2PS. The maximum Gasteiger partial charge on any atom is 0.0726 e. The van der Waals surface area contributed by atoms with Crippen LogP contribution in [0.2, 0.25) is 0 Å². The van der Waals surface area contributed by atoms with E-state index in [1.165, 1.54) is 43.8 Å². The topological polar surface area (TPSA) is 24.7 Å². The van der Waals surface area contributed by atoms with Crippen molar-refractivity contribution in [2.45, 2.75) is 57.8 Å². The van der Waals surface area contributed by atoms with E-state index in [1.807, 2.05) is 11.3 Å². The number of benzene rings is 3. The van der Waals surface area contributed by atoms with Gasteiger partial charge in [0.05, 0.1) is 22.8 Å². The molecule has 0 saturated heterocycles. The summed E-state index contributed by atoms with van der Waals surface area (Å²) in [5, 5.41) is 4.60. The highest BCUT2D eigenvalue weighted by Crippen LogP contribution is 2.62. The summed E-state index contributed by atoms with van der Waals surface area (Å²) in [7, 11) is -0.780. The van der Waals surface area contributed by atoms with Gasteiger partial charge in [-0.2, -0.15) is 0 Å². The van der Waals surface area contributed by atoms with Crippen LogP contribution in [0.4, 0.5) is 0 Å². The summed E-state index contributed by atoms with van der Waals surface area (Å²) in [5.74, 6) is 0. The van der Waals surface area contributed by atoms with Crippen molar-refractivity contribution in [3.05, 3.63) is 181 Å². The summed E-state index contributed by atoms with van der Waals surface area (Å²) in [6.07, 6.45) is 12.6. The molecule has 2 nitrogen and oxygen atoms in total. The molecule has 8 bridgehead atoms. The lowest BCUT2D eigenvalue weighted by atomic mass is 9.81. The Hall–Kier alpha value is -4.56. The third-order valence-corrected chi connectivity index (χ3v) is 15.2. The predicted octanol–water partition coefficient (Wildman–Crippen LogP) is 12.0.